The van der Waals surface area contributed by atoms with Gasteiger partial charge in [0.1, 0.15) is 0 Å². The van der Waals surface area contributed by atoms with Crippen LogP contribution in [0.5, 0.6) is 0 Å². The fraction of sp³-hybridized carbons (Fsp3) is 0.643. The maximum atomic E-state index is 11.3. The van der Waals surface area contributed by atoms with Crippen molar-refractivity contribution in [3.05, 3.63) is 36.5 Å². The number of rotatable bonds is 8. The Morgan fingerprint density at radius 1 is 0.600 bits per heavy atom. The molecule has 0 atom stereocenters. The van der Waals surface area contributed by atoms with Gasteiger partial charge < -0.3 is 40.9 Å². The molecule has 4 rings (SSSR count). The molecule has 4 saturated carbocycles. The van der Waals surface area contributed by atoms with Crippen molar-refractivity contribution in [2.45, 2.75) is 59.3 Å². The van der Waals surface area contributed by atoms with Crippen molar-refractivity contribution in [1.82, 2.24) is 0 Å². The lowest BCUT2D eigenvalue weighted by Gasteiger charge is -2.54. The van der Waals surface area contributed by atoms with Crippen molar-refractivity contribution in [1.29, 1.82) is 0 Å². The van der Waals surface area contributed by atoms with Crippen LogP contribution in [0.1, 0.15) is 59.3 Å². The van der Waals surface area contributed by atoms with Crippen LogP contribution in [-0.2, 0) is 19.2 Å². The molecule has 40 heavy (non-hydrogen) atoms. The van der Waals surface area contributed by atoms with Gasteiger partial charge in [-0.15, -0.1) is 0 Å². The number of hydrogen-bond acceptors (Lipinski definition) is 8. The summed E-state index contributed by atoms with van der Waals surface area (Å²) >= 11 is 0. The molecule has 0 aromatic heterocycles. The molecule has 4 bridgehead atoms. The van der Waals surface area contributed by atoms with Crippen molar-refractivity contribution in [3.63, 3.8) is 0 Å². The number of carboxylic acids is 4. The third kappa shape index (κ3) is 13.8. The van der Waals surface area contributed by atoms with E-state index < -0.39 is 55.7 Å². The van der Waals surface area contributed by atoms with E-state index in [0.29, 0.717) is 0 Å². The summed E-state index contributed by atoms with van der Waals surface area (Å²) in [6, 6.07) is 0. The Hall–Kier alpha value is -3.06. The summed E-state index contributed by atoms with van der Waals surface area (Å²) in [6.07, 6.45) is 6.92. The van der Waals surface area contributed by atoms with Gasteiger partial charge in [0.25, 0.3) is 0 Å². The molecule has 0 amide bonds. The monoisotopic (exact) mass is 574 g/mol. The number of carboxylic acid groups (broad SMARTS) is 4. The minimum absolute atomic E-state index is 0.176. The SMILES string of the molecule is C=C(C)C(=O)O.C=C(C)C(=O)O.C=C(C)C(=O)O.O=C(O)C12CC3CC(CC(C3)C1)C2.OCC(CO)(CO)CO. The second-order valence-electron chi connectivity index (χ2n) is 10.9. The summed E-state index contributed by atoms with van der Waals surface area (Å²) < 4.78 is 0. The molecule has 0 heterocycles. The zero-order valence-electron chi connectivity index (χ0n) is 23.6. The second-order valence-corrected chi connectivity index (χ2v) is 10.9. The Balaban J connectivity index is 0. The fourth-order valence-corrected chi connectivity index (χ4v) is 4.67. The smallest absolute Gasteiger partial charge is 0.330 e. The molecule has 4 fully saturated rings. The lowest BCUT2D eigenvalue weighted by Crippen LogP contribution is -2.49. The van der Waals surface area contributed by atoms with Gasteiger partial charge in [-0.3, -0.25) is 4.79 Å². The van der Waals surface area contributed by atoms with Crippen molar-refractivity contribution < 1.29 is 60.0 Å². The second kappa shape index (κ2) is 18.3. The Bertz CT molecular complexity index is 755. The van der Waals surface area contributed by atoms with E-state index in [2.05, 4.69) is 19.7 Å². The third-order valence-electron chi connectivity index (χ3n) is 6.93. The molecule has 12 nitrogen and oxygen atoms in total. The van der Waals surface area contributed by atoms with Gasteiger partial charge in [-0.25, -0.2) is 14.4 Å². The van der Waals surface area contributed by atoms with Crippen molar-refractivity contribution >= 4 is 23.9 Å². The van der Waals surface area contributed by atoms with Crippen LogP contribution in [0.2, 0.25) is 0 Å². The number of carbonyl (C=O) groups is 4. The zero-order chi connectivity index (χ0) is 31.8. The first-order valence-electron chi connectivity index (χ1n) is 12.7. The summed E-state index contributed by atoms with van der Waals surface area (Å²) in [5.74, 6) is -1.06. The number of aliphatic hydroxyl groups excluding tert-OH is 4. The normalized spacial score (nSPS) is 23.1. The van der Waals surface area contributed by atoms with Crippen LogP contribution in [0.15, 0.2) is 36.5 Å². The molecule has 0 unspecified atom stereocenters. The molecule has 230 valence electrons. The van der Waals surface area contributed by atoms with Crippen LogP contribution in [0.25, 0.3) is 0 Å². The molecule has 12 heteroatoms. The van der Waals surface area contributed by atoms with Gasteiger partial charge in [0.05, 0.1) is 37.3 Å². The Morgan fingerprint density at radius 3 is 0.900 bits per heavy atom. The molecule has 0 spiro atoms. The predicted octanol–water partition coefficient (Wildman–Crippen LogP) is 2.17. The van der Waals surface area contributed by atoms with E-state index in [1.54, 1.807) is 0 Å². The summed E-state index contributed by atoms with van der Waals surface area (Å²) in [5.41, 5.74) is -0.866. The van der Waals surface area contributed by atoms with Gasteiger partial charge in [0.15, 0.2) is 0 Å². The van der Waals surface area contributed by atoms with E-state index in [1.165, 1.54) is 40.0 Å². The van der Waals surface area contributed by atoms with Crippen LogP contribution in [0.4, 0.5) is 0 Å². The highest BCUT2D eigenvalue weighted by atomic mass is 16.4. The van der Waals surface area contributed by atoms with E-state index in [-0.39, 0.29) is 22.1 Å². The lowest BCUT2D eigenvalue weighted by atomic mass is 9.49. The average molecular weight is 575 g/mol. The van der Waals surface area contributed by atoms with Crippen LogP contribution < -0.4 is 0 Å². The fourth-order valence-electron chi connectivity index (χ4n) is 4.67. The lowest BCUT2D eigenvalue weighted by molar-refractivity contribution is -0.164. The molecule has 0 radical (unpaired) electrons. The molecule has 4 aliphatic rings. The standard InChI is InChI=1S/C11H16O2.C5H12O4.3C4H6O2/c12-10(13)11-4-7-1-8(5-11)3-9(2-7)6-11;6-1-5(2-7,3-8)4-9;3*1-3(2)4(5)6/h7-9H,1-6H2,(H,12,13);6-9H,1-4H2;3*1H2,2H3,(H,5,6). The first-order chi connectivity index (χ1) is 18.3. The summed E-state index contributed by atoms with van der Waals surface area (Å²) in [5, 5.41) is 66.9. The molecule has 0 aliphatic heterocycles. The Labute approximate surface area is 235 Å². The molecule has 8 N–H and O–H groups in total. The van der Waals surface area contributed by atoms with Gasteiger partial charge >= 0.3 is 23.9 Å². The van der Waals surface area contributed by atoms with Crippen molar-refractivity contribution in [2.75, 3.05) is 26.4 Å². The summed E-state index contributed by atoms with van der Waals surface area (Å²) in [4.78, 5) is 40.1. The number of hydrogen-bond donors (Lipinski definition) is 8. The van der Waals surface area contributed by atoms with Gasteiger partial charge in [-0.2, -0.15) is 0 Å². The Kier molecular flexibility index (Phi) is 17.9. The van der Waals surface area contributed by atoms with Crippen LogP contribution in [-0.4, -0.2) is 91.2 Å². The Morgan fingerprint density at radius 2 is 0.800 bits per heavy atom. The molecule has 0 aromatic rings. The highest BCUT2D eigenvalue weighted by Gasteiger charge is 2.54. The number of aliphatic carboxylic acids is 4. The van der Waals surface area contributed by atoms with Crippen LogP contribution in [0, 0.1) is 28.6 Å². The maximum Gasteiger partial charge on any atom is 0.330 e. The zero-order valence-corrected chi connectivity index (χ0v) is 23.6. The molecule has 0 aromatic carbocycles. The minimum Gasteiger partial charge on any atom is -0.481 e. The molecule has 4 aliphatic carbocycles. The highest BCUT2D eigenvalue weighted by molar-refractivity contribution is 5.85. The van der Waals surface area contributed by atoms with E-state index >= 15 is 0 Å². The average Bonchev–Trinajstić information content (AvgIpc) is 2.86. The maximum absolute atomic E-state index is 11.3. The van der Waals surface area contributed by atoms with Gasteiger partial charge in [-0.05, 0) is 77.0 Å². The third-order valence-corrected chi connectivity index (χ3v) is 6.93. The quantitative estimate of drug-likeness (QED) is 0.195. The van der Waals surface area contributed by atoms with Crippen LogP contribution in [0.3, 0.4) is 0 Å². The van der Waals surface area contributed by atoms with E-state index in [4.69, 9.17) is 35.7 Å². The summed E-state index contributed by atoms with van der Waals surface area (Å²) in [6.45, 7) is 12.2. The largest absolute Gasteiger partial charge is 0.481 e. The molecule has 0 saturated heterocycles. The van der Waals surface area contributed by atoms with Crippen LogP contribution >= 0.6 is 0 Å². The van der Waals surface area contributed by atoms with Gasteiger partial charge in [0, 0.05) is 16.7 Å². The molecular weight excluding hydrogens is 528 g/mol. The van der Waals surface area contributed by atoms with E-state index in [0.717, 1.165) is 37.0 Å². The highest BCUT2D eigenvalue weighted by Crippen LogP contribution is 2.60. The summed E-state index contributed by atoms with van der Waals surface area (Å²) in [7, 11) is 0. The first-order valence-corrected chi connectivity index (χ1v) is 12.7. The van der Waals surface area contributed by atoms with E-state index in [9.17, 15) is 24.3 Å². The number of aliphatic hydroxyl groups is 4. The first kappa shape index (κ1) is 39.1. The van der Waals surface area contributed by atoms with Crippen molar-refractivity contribution in [2.24, 2.45) is 28.6 Å². The topological polar surface area (TPSA) is 230 Å². The predicted molar refractivity (Wildman–Crippen MR) is 146 cm³/mol. The van der Waals surface area contributed by atoms with Gasteiger partial charge in [-0.1, -0.05) is 19.7 Å². The molecular formula is C28H46O12. The van der Waals surface area contributed by atoms with E-state index in [1.807, 2.05) is 0 Å². The van der Waals surface area contributed by atoms with Crippen molar-refractivity contribution in [3.8, 4) is 0 Å². The minimum atomic E-state index is -1.11. The van der Waals surface area contributed by atoms with Gasteiger partial charge in [0.2, 0.25) is 0 Å².